The molecule has 0 aliphatic carbocycles. The van der Waals surface area contributed by atoms with Gasteiger partial charge >= 0.3 is 16.4 Å². The summed E-state index contributed by atoms with van der Waals surface area (Å²) in [6.07, 6.45) is -5.06. The third-order valence-corrected chi connectivity index (χ3v) is 4.30. The van der Waals surface area contributed by atoms with E-state index in [0.717, 1.165) is 11.0 Å². The second-order valence-electron chi connectivity index (χ2n) is 4.94. The van der Waals surface area contributed by atoms with Gasteiger partial charge in [-0.25, -0.2) is 0 Å². The molecule has 1 unspecified atom stereocenters. The first-order valence-electron chi connectivity index (χ1n) is 6.07. The van der Waals surface area contributed by atoms with Crippen molar-refractivity contribution >= 4 is 33.4 Å². The summed E-state index contributed by atoms with van der Waals surface area (Å²) in [6, 6.07) is 2.91. The van der Waals surface area contributed by atoms with E-state index in [2.05, 4.69) is 0 Å². The van der Waals surface area contributed by atoms with Crippen LogP contribution in [0, 0.1) is 5.92 Å². The number of benzene rings is 1. The third kappa shape index (κ3) is 3.89. The molecule has 122 valence electrons. The SMILES string of the molecule is O=C1CC(CS(=O)(=O)F)CN1c1ccc(Cl)cc1C(F)(F)F. The van der Waals surface area contributed by atoms with Crippen LogP contribution < -0.4 is 4.90 Å². The summed E-state index contributed by atoms with van der Waals surface area (Å²) in [7, 11) is -4.80. The lowest BCUT2D eigenvalue weighted by molar-refractivity contribution is -0.137. The molecule has 22 heavy (non-hydrogen) atoms. The minimum absolute atomic E-state index is 0.148. The molecule has 4 nitrogen and oxygen atoms in total. The summed E-state index contributed by atoms with van der Waals surface area (Å²) in [5.41, 5.74) is -1.52. The van der Waals surface area contributed by atoms with E-state index in [1.807, 2.05) is 0 Å². The summed E-state index contributed by atoms with van der Waals surface area (Å²) in [6.45, 7) is -0.299. The number of alkyl halides is 3. The Bertz CT molecular complexity index is 705. The Labute approximate surface area is 128 Å². The highest BCUT2D eigenvalue weighted by molar-refractivity contribution is 7.86. The van der Waals surface area contributed by atoms with E-state index < -0.39 is 45.2 Å². The minimum Gasteiger partial charge on any atom is -0.311 e. The van der Waals surface area contributed by atoms with E-state index in [0.29, 0.717) is 6.07 Å². The van der Waals surface area contributed by atoms with Crippen molar-refractivity contribution in [2.45, 2.75) is 12.6 Å². The molecule has 0 N–H and O–H groups in total. The molecule has 0 bridgehead atoms. The number of hydrogen-bond acceptors (Lipinski definition) is 3. The van der Waals surface area contributed by atoms with Gasteiger partial charge in [0.05, 0.1) is 17.0 Å². The van der Waals surface area contributed by atoms with E-state index in [1.54, 1.807) is 0 Å². The normalized spacial score (nSPS) is 19.8. The predicted octanol–water partition coefficient (Wildman–Crippen LogP) is 3.01. The Balaban J connectivity index is 2.35. The fraction of sp³-hybridized carbons (Fsp3) is 0.417. The van der Waals surface area contributed by atoms with Gasteiger partial charge in [-0.05, 0) is 18.2 Å². The molecule has 1 fully saturated rings. The number of amides is 1. The largest absolute Gasteiger partial charge is 0.418 e. The maximum atomic E-state index is 13.0. The Kier molecular flexibility index (Phi) is 4.40. The quantitative estimate of drug-likeness (QED) is 0.616. The van der Waals surface area contributed by atoms with Gasteiger partial charge in [-0.3, -0.25) is 4.79 Å². The maximum Gasteiger partial charge on any atom is 0.418 e. The molecule has 10 heteroatoms. The molecule has 1 saturated heterocycles. The second-order valence-corrected chi connectivity index (χ2v) is 6.79. The highest BCUT2D eigenvalue weighted by atomic mass is 35.5. The molecule has 1 aromatic rings. The van der Waals surface area contributed by atoms with E-state index in [9.17, 15) is 30.3 Å². The second kappa shape index (κ2) is 5.69. The van der Waals surface area contributed by atoms with E-state index in [-0.39, 0.29) is 18.0 Å². The first kappa shape index (κ1) is 17.0. The van der Waals surface area contributed by atoms with Gasteiger partial charge in [0, 0.05) is 23.9 Å². The number of halogens is 5. The molecule has 2 rings (SSSR count). The number of rotatable bonds is 3. The molecular formula is C12H10ClF4NO3S. The van der Waals surface area contributed by atoms with Crippen molar-refractivity contribution in [1.82, 2.24) is 0 Å². The maximum absolute atomic E-state index is 13.0. The van der Waals surface area contributed by atoms with Gasteiger partial charge in [-0.2, -0.15) is 21.6 Å². The Morgan fingerprint density at radius 2 is 1.95 bits per heavy atom. The van der Waals surface area contributed by atoms with Crippen LogP contribution in [-0.4, -0.2) is 26.6 Å². The van der Waals surface area contributed by atoms with Crippen LogP contribution in [0.4, 0.5) is 22.7 Å². The molecule has 0 radical (unpaired) electrons. The Morgan fingerprint density at radius 1 is 1.32 bits per heavy atom. The first-order valence-corrected chi connectivity index (χ1v) is 8.00. The summed E-state index contributed by atoms with van der Waals surface area (Å²) in [5.74, 6) is -2.48. The molecule has 1 amide bonds. The van der Waals surface area contributed by atoms with E-state index >= 15 is 0 Å². The van der Waals surface area contributed by atoms with Crippen molar-refractivity contribution in [1.29, 1.82) is 0 Å². The molecule has 1 heterocycles. The molecule has 1 aliphatic heterocycles. The summed E-state index contributed by atoms with van der Waals surface area (Å²) >= 11 is 5.55. The topological polar surface area (TPSA) is 54.5 Å². The molecule has 1 aliphatic rings. The molecule has 0 spiro atoms. The Hall–Kier alpha value is -1.35. The smallest absolute Gasteiger partial charge is 0.311 e. The zero-order valence-corrected chi connectivity index (χ0v) is 12.5. The lowest BCUT2D eigenvalue weighted by Gasteiger charge is -2.21. The molecular weight excluding hydrogens is 350 g/mol. The average Bonchev–Trinajstić information content (AvgIpc) is 2.66. The van der Waals surface area contributed by atoms with Crippen molar-refractivity contribution in [3.63, 3.8) is 0 Å². The highest BCUT2D eigenvalue weighted by Gasteiger charge is 2.40. The minimum atomic E-state index is -4.80. The zero-order valence-electron chi connectivity index (χ0n) is 10.9. The van der Waals surface area contributed by atoms with Gasteiger partial charge < -0.3 is 4.90 Å². The predicted molar refractivity (Wildman–Crippen MR) is 71.8 cm³/mol. The average molecular weight is 360 g/mol. The van der Waals surface area contributed by atoms with Crippen molar-refractivity contribution in [3.8, 4) is 0 Å². The number of nitrogens with zero attached hydrogens (tertiary/aromatic N) is 1. The summed E-state index contributed by atoms with van der Waals surface area (Å²) < 4.78 is 73.0. The van der Waals surface area contributed by atoms with Gasteiger partial charge in [0.15, 0.2) is 0 Å². The van der Waals surface area contributed by atoms with Crippen LogP contribution >= 0.6 is 11.6 Å². The van der Waals surface area contributed by atoms with Crippen LogP contribution in [0.1, 0.15) is 12.0 Å². The van der Waals surface area contributed by atoms with Gasteiger partial charge in [0.1, 0.15) is 0 Å². The van der Waals surface area contributed by atoms with Crippen molar-refractivity contribution < 1.29 is 30.3 Å². The molecule has 1 aromatic carbocycles. The number of anilines is 1. The number of hydrogen-bond donors (Lipinski definition) is 0. The standard InChI is InChI=1S/C12H10ClF4NO3S/c13-8-1-2-10(9(4-8)12(14,15)16)18-5-7(3-11(18)19)6-22(17,20)21/h1-2,4,7H,3,5-6H2. The van der Waals surface area contributed by atoms with Crippen molar-refractivity contribution in [3.05, 3.63) is 28.8 Å². The highest BCUT2D eigenvalue weighted by Crippen LogP contribution is 2.40. The first-order chi connectivity index (χ1) is 9.97. The summed E-state index contributed by atoms with van der Waals surface area (Å²) in [4.78, 5) is 12.7. The van der Waals surface area contributed by atoms with E-state index in [1.165, 1.54) is 6.07 Å². The van der Waals surface area contributed by atoms with Crippen molar-refractivity contribution in [2.75, 3.05) is 17.2 Å². The summed E-state index contributed by atoms with van der Waals surface area (Å²) in [5, 5.41) is -0.148. The lowest BCUT2D eigenvalue weighted by atomic mass is 10.1. The van der Waals surface area contributed by atoms with Gasteiger partial charge in [-0.15, -0.1) is 3.89 Å². The fourth-order valence-corrected chi connectivity index (χ4v) is 3.34. The molecule has 1 atom stereocenters. The fourth-order valence-electron chi connectivity index (χ4n) is 2.38. The zero-order chi connectivity index (χ0) is 16.7. The monoisotopic (exact) mass is 359 g/mol. The lowest BCUT2D eigenvalue weighted by Crippen LogP contribution is -2.28. The van der Waals surface area contributed by atoms with Crippen LogP contribution in [0.15, 0.2) is 18.2 Å². The van der Waals surface area contributed by atoms with Crippen LogP contribution in [0.3, 0.4) is 0 Å². The van der Waals surface area contributed by atoms with Gasteiger partial charge in [0.25, 0.3) is 0 Å². The Morgan fingerprint density at radius 3 is 2.50 bits per heavy atom. The van der Waals surface area contributed by atoms with Gasteiger partial charge in [-0.1, -0.05) is 11.6 Å². The van der Waals surface area contributed by atoms with Crippen LogP contribution in [0.2, 0.25) is 5.02 Å². The van der Waals surface area contributed by atoms with E-state index in [4.69, 9.17) is 11.6 Å². The third-order valence-electron chi connectivity index (χ3n) is 3.19. The number of carbonyl (C=O) groups is 1. The van der Waals surface area contributed by atoms with Crippen LogP contribution in [0.25, 0.3) is 0 Å². The molecule has 0 saturated carbocycles. The van der Waals surface area contributed by atoms with Crippen molar-refractivity contribution in [2.24, 2.45) is 5.92 Å². The number of carbonyl (C=O) groups excluding carboxylic acids is 1. The van der Waals surface area contributed by atoms with Gasteiger partial charge in [0.2, 0.25) is 5.91 Å². The van der Waals surface area contributed by atoms with Crippen LogP contribution in [0.5, 0.6) is 0 Å². The van der Waals surface area contributed by atoms with Crippen LogP contribution in [-0.2, 0) is 21.2 Å². The molecule has 0 aromatic heterocycles.